The molecule has 0 saturated heterocycles. The fourth-order valence-electron chi connectivity index (χ4n) is 2.75. The molecule has 0 spiro atoms. The molecule has 0 aliphatic carbocycles. The van der Waals surface area contributed by atoms with Crippen molar-refractivity contribution in [2.75, 3.05) is 13.2 Å². The first-order valence-corrected chi connectivity index (χ1v) is 9.06. The Morgan fingerprint density at radius 3 is 2.74 bits per heavy atom. The Bertz CT molecular complexity index is 937. The van der Waals surface area contributed by atoms with Crippen molar-refractivity contribution in [2.45, 2.75) is 19.3 Å². The number of aromatic nitrogens is 1. The number of benzene rings is 2. The highest BCUT2D eigenvalue weighted by Crippen LogP contribution is 2.22. The third kappa shape index (κ3) is 5.86. The van der Waals surface area contributed by atoms with E-state index in [2.05, 4.69) is 34.3 Å². The number of nitrogens with zero attached hydrogens (tertiary/aromatic N) is 1. The van der Waals surface area contributed by atoms with Crippen LogP contribution >= 0.6 is 0 Å². The fraction of sp³-hybridized carbons (Fsp3) is 0.217. The number of nitrogens with one attached hydrogen (secondary N) is 1. The first-order chi connectivity index (χ1) is 13.3. The third-order valence-electron chi connectivity index (χ3n) is 4.11. The van der Waals surface area contributed by atoms with Gasteiger partial charge in [-0.15, -0.1) is 0 Å². The normalized spacial score (nSPS) is 10.1. The van der Waals surface area contributed by atoms with Gasteiger partial charge in [0.15, 0.2) is 0 Å². The topological polar surface area (TPSA) is 51.2 Å². The minimum absolute atomic E-state index is 0.0272. The van der Waals surface area contributed by atoms with E-state index < -0.39 is 0 Å². The second kappa shape index (κ2) is 9.98. The monoisotopic (exact) mass is 358 g/mol. The van der Waals surface area contributed by atoms with Crippen LogP contribution in [0.2, 0.25) is 0 Å². The van der Waals surface area contributed by atoms with Crippen molar-refractivity contribution in [3.05, 3.63) is 72.4 Å². The van der Waals surface area contributed by atoms with Gasteiger partial charge < -0.3 is 10.1 Å². The molecule has 0 aliphatic rings. The molecule has 27 heavy (non-hydrogen) atoms. The SMILES string of the molecule is O=C(CCCc1ccccc1)NCC#CCOc1cccc2cccnc12. The molecule has 1 N–H and O–H groups in total. The van der Waals surface area contributed by atoms with Crippen LogP contribution in [-0.2, 0) is 11.2 Å². The van der Waals surface area contributed by atoms with E-state index in [0.717, 1.165) is 23.7 Å². The maximum atomic E-state index is 11.8. The molecule has 1 aromatic heterocycles. The number of para-hydroxylation sites is 1. The smallest absolute Gasteiger partial charge is 0.220 e. The zero-order valence-corrected chi connectivity index (χ0v) is 15.2. The quantitative estimate of drug-likeness (QED) is 0.655. The lowest BCUT2D eigenvalue weighted by molar-refractivity contribution is -0.120. The number of amides is 1. The van der Waals surface area contributed by atoms with Crippen LogP contribution in [0.5, 0.6) is 5.75 Å². The molecule has 4 nitrogen and oxygen atoms in total. The average molecular weight is 358 g/mol. The second-order valence-corrected chi connectivity index (χ2v) is 6.09. The molecule has 1 amide bonds. The Labute approximate surface area is 159 Å². The molecule has 2 aromatic carbocycles. The standard InChI is InChI=1S/C23H22N2O2/c26-22(15-6-11-19-9-2-1-3-10-19)24-16-4-5-18-27-21-14-7-12-20-13-8-17-25-23(20)21/h1-3,7-10,12-14,17H,6,11,15-16,18H2,(H,24,26). The minimum atomic E-state index is 0.0272. The molecule has 3 rings (SSSR count). The van der Waals surface area contributed by atoms with Gasteiger partial charge in [-0.2, -0.15) is 0 Å². The highest BCUT2D eigenvalue weighted by Gasteiger charge is 2.02. The maximum Gasteiger partial charge on any atom is 0.220 e. The molecule has 1 heterocycles. The van der Waals surface area contributed by atoms with Crippen molar-refractivity contribution >= 4 is 16.8 Å². The molecule has 0 saturated carbocycles. The summed E-state index contributed by atoms with van der Waals surface area (Å²) >= 11 is 0. The van der Waals surface area contributed by atoms with Crippen molar-refractivity contribution < 1.29 is 9.53 Å². The van der Waals surface area contributed by atoms with Gasteiger partial charge in [-0.3, -0.25) is 9.78 Å². The summed E-state index contributed by atoms with van der Waals surface area (Å²) < 4.78 is 5.69. The molecule has 0 atom stereocenters. The van der Waals surface area contributed by atoms with E-state index in [1.165, 1.54) is 5.56 Å². The summed E-state index contributed by atoms with van der Waals surface area (Å²) in [7, 11) is 0. The number of carbonyl (C=O) groups is 1. The molecular formula is C23H22N2O2. The molecule has 0 radical (unpaired) electrons. The summed E-state index contributed by atoms with van der Waals surface area (Å²) in [6.45, 7) is 0.598. The molecule has 0 unspecified atom stereocenters. The summed E-state index contributed by atoms with van der Waals surface area (Å²) in [5, 5.41) is 3.85. The third-order valence-corrected chi connectivity index (χ3v) is 4.11. The molecule has 3 aromatic rings. The first-order valence-electron chi connectivity index (χ1n) is 9.06. The number of pyridine rings is 1. The minimum Gasteiger partial charge on any atom is -0.479 e. The number of fused-ring (bicyclic) bond motifs is 1. The van der Waals surface area contributed by atoms with Crippen LogP contribution < -0.4 is 10.1 Å². The second-order valence-electron chi connectivity index (χ2n) is 6.09. The highest BCUT2D eigenvalue weighted by molar-refractivity contribution is 5.84. The largest absolute Gasteiger partial charge is 0.479 e. The van der Waals surface area contributed by atoms with Crippen LogP contribution in [0, 0.1) is 11.8 Å². The Balaban J connectivity index is 1.35. The summed E-state index contributed by atoms with van der Waals surface area (Å²) in [5.41, 5.74) is 2.08. The van der Waals surface area contributed by atoms with Gasteiger partial charge in [0.05, 0.1) is 6.54 Å². The van der Waals surface area contributed by atoms with Gasteiger partial charge in [0.25, 0.3) is 0 Å². The van der Waals surface area contributed by atoms with E-state index in [0.29, 0.717) is 18.7 Å². The van der Waals surface area contributed by atoms with Gasteiger partial charge in [0, 0.05) is 18.0 Å². The van der Waals surface area contributed by atoms with Crippen molar-refractivity contribution in [3.63, 3.8) is 0 Å². The number of aryl methyl sites for hydroxylation is 1. The van der Waals surface area contributed by atoms with Crippen LogP contribution in [-0.4, -0.2) is 24.0 Å². The Kier molecular flexibility index (Phi) is 6.83. The van der Waals surface area contributed by atoms with Gasteiger partial charge in [0.1, 0.15) is 17.9 Å². The van der Waals surface area contributed by atoms with Crippen LogP contribution in [0.25, 0.3) is 10.9 Å². The van der Waals surface area contributed by atoms with Crippen LogP contribution in [0.1, 0.15) is 18.4 Å². The Morgan fingerprint density at radius 1 is 1.00 bits per heavy atom. The predicted octanol–water partition coefficient (Wildman–Crippen LogP) is 3.76. The van der Waals surface area contributed by atoms with Gasteiger partial charge in [0.2, 0.25) is 5.91 Å². The summed E-state index contributed by atoms with van der Waals surface area (Å²) in [6.07, 6.45) is 4.00. The van der Waals surface area contributed by atoms with E-state index in [9.17, 15) is 4.79 Å². The van der Waals surface area contributed by atoms with Crippen LogP contribution in [0.15, 0.2) is 66.9 Å². The number of hydrogen-bond acceptors (Lipinski definition) is 3. The molecule has 0 fully saturated rings. The molecular weight excluding hydrogens is 336 g/mol. The van der Waals surface area contributed by atoms with Crippen molar-refractivity contribution in [1.82, 2.24) is 10.3 Å². The van der Waals surface area contributed by atoms with E-state index in [1.807, 2.05) is 48.5 Å². The lowest BCUT2D eigenvalue weighted by Crippen LogP contribution is -2.23. The summed E-state index contributed by atoms with van der Waals surface area (Å²) in [5.74, 6) is 6.58. The van der Waals surface area contributed by atoms with E-state index >= 15 is 0 Å². The van der Waals surface area contributed by atoms with Gasteiger partial charge in [-0.05, 0) is 30.5 Å². The predicted molar refractivity (Wildman–Crippen MR) is 107 cm³/mol. The van der Waals surface area contributed by atoms with Gasteiger partial charge >= 0.3 is 0 Å². The highest BCUT2D eigenvalue weighted by atomic mass is 16.5. The lowest BCUT2D eigenvalue weighted by Gasteiger charge is -2.05. The number of carbonyl (C=O) groups excluding carboxylic acids is 1. The fourth-order valence-corrected chi connectivity index (χ4v) is 2.75. The maximum absolute atomic E-state index is 11.8. The average Bonchev–Trinajstić information content (AvgIpc) is 2.71. The molecule has 0 aliphatic heterocycles. The van der Waals surface area contributed by atoms with Crippen molar-refractivity contribution in [1.29, 1.82) is 0 Å². The Morgan fingerprint density at radius 2 is 1.85 bits per heavy atom. The van der Waals surface area contributed by atoms with Crippen molar-refractivity contribution in [2.24, 2.45) is 0 Å². The molecule has 4 heteroatoms. The number of rotatable bonds is 7. The van der Waals surface area contributed by atoms with Crippen molar-refractivity contribution in [3.8, 4) is 17.6 Å². The van der Waals surface area contributed by atoms with Crippen LogP contribution in [0.3, 0.4) is 0 Å². The van der Waals surface area contributed by atoms with E-state index in [4.69, 9.17) is 4.74 Å². The van der Waals surface area contributed by atoms with Gasteiger partial charge in [-0.1, -0.05) is 60.4 Å². The number of ether oxygens (including phenoxy) is 1. The van der Waals surface area contributed by atoms with Gasteiger partial charge in [-0.25, -0.2) is 0 Å². The zero-order valence-electron chi connectivity index (χ0n) is 15.2. The summed E-state index contributed by atoms with van der Waals surface area (Å²) in [6, 6.07) is 19.9. The van der Waals surface area contributed by atoms with E-state index in [-0.39, 0.29) is 12.5 Å². The van der Waals surface area contributed by atoms with E-state index in [1.54, 1.807) is 6.20 Å². The summed E-state index contributed by atoms with van der Waals surface area (Å²) in [4.78, 5) is 16.2. The lowest BCUT2D eigenvalue weighted by atomic mass is 10.1. The first kappa shape index (κ1) is 18.5. The Hall–Kier alpha value is -3.32. The molecule has 136 valence electrons. The van der Waals surface area contributed by atoms with Crippen LogP contribution in [0.4, 0.5) is 0 Å². The zero-order chi connectivity index (χ0) is 18.7. The molecule has 0 bridgehead atoms. The number of hydrogen-bond donors (Lipinski definition) is 1.